The second-order valence-electron chi connectivity index (χ2n) is 4.47. The predicted molar refractivity (Wildman–Crippen MR) is 85.3 cm³/mol. The molecule has 0 aliphatic heterocycles. The highest BCUT2D eigenvalue weighted by Gasteiger charge is 2.26. The number of carbonyl (C=O) groups excluding carboxylic acids is 2. The lowest BCUT2D eigenvalue weighted by Crippen LogP contribution is -2.42. The van der Waals surface area contributed by atoms with Gasteiger partial charge in [0.15, 0.2) is 0 Å². The van der Waals surface area contributed by atoms with E-state index < -0.39 is 36.6 Å². The number of alkyl halides is 2. The molecular formula is C13H16BrClF3N3O2. The van der Waals surface area contributed by atoms with Crippen molar-refractivity contribution in [3.63, 3.8) is 0 Å². The fraction of sp³-hybridized carbons (Fsp3) is 0.385. The van der Waals surface area contributed by atoms with E-state index in [2.05, 4.69) is 21.2 Å². The Kier molecular flexibility index (Phi) is 9.18. The first-order chi connectivity index (χ1) is 10.2. The normalized spacial score (nSPS) is 10.7. The largest absolute Gasteiger partial charge is 0.351 e. The summed E-state index contributed by atoms with van der Waals surface area (Å²) in [5.41, 5.74) is 4.91. The molecule has 0 spiro atoms. The van der Waals surface area contributed by atoms with Gasteiger partial charge in [-0.15, -0.1) is 12.4 Å². The molecule has 1 aromatic rings. The van der Waals surface area contributed by atoms with Crippen molar-refractivity contribution in [3.05, 3.63) is 34.1 Å². The van der Waals surface area contributed by atoms with Gasteiger partial charge in [0.1, 0.15) is 5.82 Å². The smallest absolute Gasteiger partial charge is 0.277 e. The Hall–Kier alpha value is -1.32. The summed E-state index contributed by atoms with van der Waals surface area (Å²) in [7, 11) is 0. The Morgan fingerprint density at radius 2 is 1.91 bits per heavy atom. The molecule has 0 aromatic heterocycles. The third kappa shape index (κ3) is 7.67. The van der Waals surface area contributed by atoms with Crippen molar-refractivity contribution in [2.75, 3.05) is 19.6 Å². The SMILES string of the molecule is Cl.NCC(F)(F)CNC(=O)CCNC(=O)c1cc(F)ccc1Br. The molecule has 2 amide bonds. The summed E-state index contributed by atoms with van der Waals surface area (Å²) in [4.78, 5) is 23.1. The minimum Gasteiger partial charge on any atom is -0.351 e. The van der Waals surface area contributed by atoms with Gasteiger partial charge in [0.25, 0.3) is 11.8 Å². The van der Waals surface area contributed by atoms with E-state index >= 15 is 0 Å². The molecule has 0 saturated carbocycles. The summed E-state index contributed by atoms with van der Waals surface area (Å²) in [6.07, 6.45) is -0.181. The number of hydrogen-bond donors (Lipinski definition) is 3. The first-order valence-electron chi connectivity index (χ1n) is 6.33. The molecule has 0 aliphatic rings. The van der Waals surface area contributed by atoms with Gasteiger partial charge in [-0.1, -0.05) is 0 Å². The van der Waals surface area contributed by atoms with E-state index in [9.17, 15) is 22.8 Å². The number of hydrogen-bond acceptors (Lipinski definition) is 3. The Balaban J connectivity index is 0.00000484. The monoisotopic (exact) mass is 417 g/mol. The fourth-order valence-electron chi connectivity index (χ4n) is 1.44. The van der Waals surface area contributed by atoms with Crippen LogP contribution in [0, 0.1) is 5.82 Å². The van der Waals surface area contributed by atoms with Gasteiger partial charge in [-0.3, -0.25) is 9.59 Å². The van der Waals surface area contributed by atoms with E-state index in [1.54, 1.807) is 0 Å². The summed E-state index contributed by atoms with van der Waals surface area (Å²) in [5, 5.41) is 4.42. The standard InChI is InChI=1S/C13H15BrF3N3O2.ClH/c14-10-2-1-8(15)5-9(10)12(22)19-4-3-11(21)20-7-13(16,17)6-18;/h1-2,5H,3-4,6-7,18H2,(H,19,22)(H,20,21);1H. The molecule has 4 N–H and O–H groups in total. The van der Waals surface area contributed by atoms with Crippen LogP contribution in [0.2, 0.25) is 0 Å². The number of halogens is 5. The maximum atomic E-state index is 13.1. The number of rotatable bonds is 7. The minimum atomic E-state index is -3.16. The Morgan fingerprint density at radius 1 is 1.26 bits per heavy atom. The van der Waals surface area contributed by atoms with Crippen LogP contribution < -0.4 is 16.4 Å². The molecule has 0 heterocycles. The molecule has 0 bridgehead atoms. The van der Waals surface area contributed by atoms with E-state index in [1.165, 1.54) is 12.1 Å². The van der Waals surface area contributed by atoms with Gasteiger partial charge in [0.2, 0.25) is 5.91 Å². The zero-order chi connectivity index (χ0) is 16.8. The van der Waals surface area contributed by atoms with Crippen molar-refractivity contribution in [1.29, 1.82) is 0 Å². The van der Waals surface area contributed by atoms with Crippen molar-refractivity contribution in [2.24, 2.45) is 5.73 Å². The second kappa shape index (κ2) is 9.74. The summed E-state index contributed by atoms with van der Waals surface area (Å²) in [6.45, 7) is -1.79. The van der Waals surface area contributed by atoms with Gasteiger partial charge < -0.3 is 16.4 Å². The van der Waals surface area contributed by atoms with Gasteiger partial charge in [0.05, 0.1) is 18.7 Å². The summed E-state index contributed by atoms with van der Waals surface area (Å²) < 4.78 is 39.1. The van der Waals surface area contributed by atoms with Crippen molar-refractivity contribution >= 4 is 40.2 Å². The van der Waals surface area contributed by atoms with Crippen molar-refractivity contribution in [2.45, 2.75) is 12.3 Å². The third-order valence-electron chi connectivity index (χ3n) is 2.65. The van der Waals surface area contributed by atoms with Gasteiger partial charge in [-0.25, -0.2) is 13.2 Å². The molecule has 0 aliphatic carbocycles. The van der Waals surface area contributed by atoms with Gasteiger partial charge >= 0.3 is 0 Å². The maximum Gasteiger partial charge on any atom is 0.277 e. The van der Waals surface area contributed by atoms with E-state index in [0.717, 1.165) is 6.07 Å². The maximum absolute atomic E-state index is 13.1. The van der Waals surface area contributed by atoms with Crippen LogP contribution >= 0.6 is 28.3 Å². The summed E-state index contributed by atoms with van der Waals surface area (Å²) >= 11 is 3.10. The Labute approximate surface area is 145 Å². The van der Waals surface area contributed by atoms with E-state index in [4.69, 9.17) is 5.73 Å². The molecule has 5 nitrogen and oxygen atoms in total. The minimum absolute atomic E-state index is 0. The average molecular weight is 419 g/mol. The van der Waals surface area contributed by atoms with Crippen LogP contribution in [0.3, 0.4) is 0 Å². The molecule has 0 atom stereocenters. The topological polar surface area (TPSA) is 84.2 Å². The lowest BCUT2D eigenvalue weighted by Gasteiger charge is -2.14. The highest BCUT2D eigenvalue weighted by Crippen LogP contribution is 2.17. The van der Waals surface area contributed by atoms with Crippen LogP contribution in [-0.2, 0) is 4.79 Å². The van der Waals surface area contributed by atoms with Crippen LogP contribution in [0.5, 0.6) is 0 Å². The number of carbonyl (C=O) groups is 2. The lowest BCUT2D eigenvalue weighted by molar-refractivity contribution is -0.122. The molecule has 0 fully saturated rings. The molecule has 23 heavy (non-hydrogen) atoms. The van der Waals surface area contributed by atoms with E-state index in [-0.39, 0.29) is 30.9 Å². The van der Waals surface area contributed by atoms with Crippen molar-refractivity contribution in [1.82, 2.24) is 10.6 Å². The zero-order valence-electron chi connectivity index (χ0n) is 11.9. The first-order valence-corrected chi connectivity index (χ1v) is 7.12. The van der Waals surface area contributed by atoms with Crippen molar-refractivity contribution < 1.29 is 22.8 Å². The predicted octanol–water partition coefficient (Wildman–Crippen LogP) is 1.84. The summed E-state index contributed by atoms with van der Waals surface area (Å²) in [5.74, 6) is -4.96. The van der Waals surface area contributed by atoms with Crippen LogP contribution in [-0.4, -0.2) is 37.4 Å². The van der Waals surface area contributed by atoms with Crippen LogP contribution in [0.15, 0.2) is 22.7 Å². The highest BCUT2D eigenvalue weighted by molar-refractivity contribution is 9.10. The third-order valence-corrected chi connectivity index (χ3v) is 3.34. The zero-order valence-corrected chi connectivity index (χ0v) is 14.3. The number of nitrogens with one attached hydrogen (secondary N) is 2. The number of nitrogens with two attached hydrogens (primary N) is 1. The molecule has 10 heteroatoms. The lowest BCUT2D eigenvalue weighted by atomic mass is 10.2. The highest BCUT2D eigenvalue weighted by atomic mass is 79.9. The second-order valence-corrected chi connectivity index (χ2v) is 5.32. The van der Waals surface area contributed by atoms with Crippen molar-refractivity contribution in [3.8, 4) is 0 Å². The van der Waals surface area contributed by atoms with E-state index in [1.807, 2.05) is 5.32 Å². The molecule has 0 radical (unpaired) electrons. The fourth-order valence-corrected chi connectivity index (χ4v) is 1.87. The Bertz CT molecular complexity index is 561. The molecule has 0 unspecified atom stereocenters. The first kappa shape index (κ1) is 21.7. The molecule has 0 saturated heterocycles. The molecule has 1 aromatic carbocycles. The van der Waals surface area contributed by atoms with Crippen LogP contribution in [0.1, 0.15) is 16.8 Å². The Morgan fingerprint density at radius 3 is 2.52 bits per heavy atom. The molecule has 1 rings (SSSR count). The van der Waals surface area contributed by atoms with Gasteiger partial charge in [-0.05, 0) is 34.1 Å². The van der Waals surface area contributed by atoms with Gasteiger partial charge in [0, 0.05) is 17.4 Å². The average Bonchev–Trinajstić information content (AvgIpc) is 2.47. The summed E-state index contributed by atoms with van der Waals surface area (Å²) in [6, 6.07) is 3.61. The van der Waals surface area contributed by atoms with E-state index in [0.29, 0.717) is 4.47 Å². The van der Waals surface area contributed by atoms with Crippen LogP contribution in [0.4, 0.5) is 13.2 Å². The number of amides is 2. The molecule has 130 valence electrons. The molecular weight excluding hydrogens is 403 g/mol. The van der Waals surface area contributed by atoms with Crippen LogP contribution in [0.25, 0.3) is 0 Å². The number of benzene rings is 1. The quantitative estimate of drug-likeness (QED) is 0.632. The van der Waals surface area contributed by atoms with Gasteiger partial charge in [-0.2, -0.15) is 0 Å².